The maximum atomic E-state index is 11.3. The van der Waals surface area contributed by atoms with Crippen molar-refractivity contribution in [3.8, 4) is 0 Å². The van der Waals surface area contributed by atoms with Crippen molar-refractivity contribution in [1.29, 1.82) is 0 Å². The van der Waals surface area contributed by atoms with Gasteiger partial charge >= 0.3 is 11.9 Å². The van der Waals surface area contributed by atoms with Crippen LogP contribution in [0.1, 0.15) is 19.8 Å². The zero-order chi connectivity index (χ0) is 12.7. The molecule has 0 bridgehead atoms. The molecule has 0 heterocycles. The summed E-state index contributed by atoms with van der Waals surface area (Å²) in [6.07, 6.45) is 0.136. The number of hydrogen-bond acceptors (Lipinski definition) is 5. The fourth-order valence-electron chi connectivity index (χ4n) is 0.889. The fourth-order valence-corrected chi connectivity index (χ4v) is 0.889. The number of rotatable bonds is 6. The van der Waals surface area contributed by atoms with E-state index in [2.05, 4.69) is 10.1 Å². The predicted octanol–water partition coefficient (Wildman–Crippen LogP) is -1.14. The first-order valence-corrected chi connectivity index (χ1v) is 4.74. The minimum atomic E-state index is -1.14. The van der Waals surface area contributed by atoms with Crippen LogP contribution in [0, 0.1) is 0 Å². The van der Waals surface area contributed by atoms with Crippen molar-refractivity contribution in [3.63, 3.8) is 0 Å². The summed E-state index contributed by atoms with van der Waals surface area (Å²) in [5.74, 6) is -2.21. The summed E-state index contributed by atoms with van der Waals surface area (Å²) in [4.78, 5) is 32.5. The highest BCUT2D eigenvalue weighted by atomic mass is 16.5. The van der Waals surface area contributed by atoms with Gasteiger partial charge in [0.15, 0.2) is 0 Å². The van der Waals surface area contributed by atoms with Gasteiger partial charge in [-0.25, -0.2) is 0 Å². The molecular formula is C9H16N2O5. The van der Waals surface area contributed by atoms with Crippen molar-refractivity contribution in [2.24, 2.45) is 5.73 Å². The van der Waals surface area contributed by atoms with Crippen LogP contribution in [0.5, 0.6) is 0 Å². The average Bonchev–Trinajstić information content (AvgIpc) is 2.24. The summed E-state index contributed by atoms with van der Waals surface area (Å²) < 4.78 is 4.38. The number of amides is 1. The van der Waals surface area contributed by atoms with Gasteiger partial charge in [0.2, 0.25) is 5.91 Å². The molecule has 0 aromatic carbocycles. The smallest absolute Gasteiger partial charge is 0.325 e. The highest BCUT2D eigenvalue weighted by Gasteiger charge is 2.19. The summed E-state index contributed by atoms with van der Waals surface area (Å²) in [7, 11) is 1.24. The van der Waals surface area contributed by atoms with E-state index in [1.54, 1.807) is 0 Å². The molecule has 0 rings (SSSR count). The predicted molar refractivity (Wildman–Crippen MR) is 54.5 cm³/mol. The van der Waals surface area contributed by atoms with Crippen LogP contribution < -0.4 is 11.1 Å². The Morgan fingerprint density at radius 2 is 2.00 bits per heavy atom. The number of hydrogen-bond donors (Lipinski definition) is 3. The van der Waals surface area contributed by atoms with Crippen LogP contribution in [0.2, 0.25) is 0 Å². The number of nitrogens with one attached hydrogen (secondary N) is 1. The third kappa shape index (κ3) is 5.30. The number of aliphatic carboxylic acids is 1. The van der Waals surface area contributed by atoms with Gasteiger partial charge in [0.05, 0.1) is 13.2 Å². The molecule has 0 saturated heterocycles. The molecule has 0 aliphatic heterocycles. The molecule has 7 nitrogen and oxygen atoms in total. The van der Waals surface area contributed by atoms with E-state index in [1.165, 1.54) is 14.0 Å². The summed E-state index contributed by atoms with van der Waals surface area (Å²) in [5.41, 5.74) is 5.46. The van der Waals surface area contributed by atoms with E-state index in [9.17, 15) is 14.4 Å². The molecule has 16 heavy (non-hydrogen) atoms. The van der Waals surface area contributed by atoms with E-state index in [-0.39, 0.29) is 12.8 Å². The first kappa shape index (κ1) is 14.4. The molecule has 0 aromatic rings. The summed E-state index contributed by atoms with van der Waals surface area (Å²) in [6, 6.07) is -1.92. The Morgan fingerprint density at radius 1 is 1.44 bits per heavy atom. The molecule has 0 fully saturated rings. The Balaban J connectivity index is 3.99. The molecule has 0 aromatic heterocycles. The highest BCUT2D eigenvalue weighted by molar-refractivity contribution is 5.86. The van der Waals surface area contributed by atoms with Crippen molar-refractivity contribution >= 4 is 17.8 Å². The van der Waals surface area contributed by atoms with Crippen LogP contribution in [-0.4, -0.2) is 42.1 Å². The lowest BCUT2D eigenvalue weighted by Crippen LogP contribution is -2.47. The molecule has 0 unspecified atom stereocenters. The molecule has 0 radical (unpaired) electrons. The minimum Gasteiger partial charge on any atom is -0.480 e. The largest absolute Gasteiger partial charge is 0.480 e. The van der Waals surface area contributed by atoms with E-state index in [4.69, 9.17) is 10.8 Å². The van der Waals surface area contributed by atoms with Crippen LogP contribution in [0.4, 0.5) is 0 Å². The lowest BCUT2D eigenvalue weighted by Gasteiger charge is -2.14. The van der Waals surface area contributed by atoms with Crippen molar-refractivity contribution in [1.82, 2.24) is 5.32 Å². The highest BCUT2D eigenvalue weighted by Crippen LogP contribution is 1.97. The number of carbonyl (C=O) groups is 3. The van der Waals surface area contributed by atoms with Crippen LogP contribution in [0.15, 0.2) is 0 Å². The third-order valence-corrected chi connectivity index (χ3v) is 1.95. The van der Waals surface area contributed by atoms with Crippen LogP contribution in [-0.2, 0) is 19.1 Å². The number of carboxylic acid groups (broad SMARTS) is 1. The third-order valence-electron chi connectivity index (χ3n) is 1.95. The summed E-state index contributed by atoms with van der Waals surface area (Å²) >= 11 is 0. The summed E-state index contributed by atoms with van der Waals surface area (Å²) in [6.45, 7) is 1.33. The van der Waals surface area contributed by atoms with Crippen molar-refractivity contribution < 1.29 is 24.2 Å². The quantitative estimate of drug-likeness (QED) is 0.498. The molecule has 0 spiro atoms. The molecule has 92 valence electrons. The SMILES string of the molecule is COC(=O)CC[C@@H](N)C(=O)N[C@@H](C)C(=O)O. The average molecular weight is 232 g/mol. The van der Waals surface area contributed by atoms with Gasteiger partial charge in [-0.2, -0.15) is 0 Å². The molecule has 0 aliphatic rings. The van der Waals surface area contributed by atoms with Gasteiger partial charge in [0.25, 0.3) is 0 Å². The Morgan fingerprint density at radius 3 is 2.44 bits per heavy atom. The zero-order valence-corrected chi connectivity index (χ0v) is 9.23. The standard InChI is InChI=1S/C9H16N2O5/c1-5(9(14)15)11-8(13)6(10)3-4-7(12)16-2/h5-6H,3-4,10H2,1-2H3,(H,11,13)(H,14,15)/t5-,6+/m0/s1. The zero-order valence-electron chi connectivity index (χ0n) is 9.23. The topological polar surface area (TPSA) is 119 Å². The first-order chi connectivity index (χ1) is 7.38. The number of ether oxygens (including phenoxy) is 1. The van der Waals surface area contributed by atoms with Gasteiger partial charge in [-0.05, 0) is 13.3 Å². The van der Waals surface area contributed by atoms with Crippen molar-refractivity contribution in [2.75, 3.05) is 7.11 Å². The minimum absolute atomic E-state index is 0.0204. The molecule has 1 amide bonds. The number of nitrogens with two attached hydrogens (primary N) is 1. The number of carboxylic acids is 1. The van der Waals surface area contributed by atoms with Gasteiger partial charge in [0.1, 0.15) is 6.04 Å². The molecule has 2 atom stereocenters. The Hall–Kier alpha value is -1.63. The maximum Gasteiger partial charge on any atom is 0.325 e. The maximum absolute atomic E-state index is 11.3. The second-order valence-corrected chi connectivity index (χ2v) is 3.29. The first-order valence-electron chi connectivity index (χ1n) is 4.74. The van der Waals surface area contributed by atoms with Gasteiger partial charge in [0, 0.05) is 6.42 Å². The fraction of sp³-hybridized carbons (Fsp3) is 0.667. The van der Waals surface area contributed by atoms with Crippen LogP contribution >= 0.6 is 0 Å². The Labute approximate surface area is 92.9 Å². The van der Waals surface area contributed by atoms with Gasteiger partial charge in [-0.1, -0.05) is 0 Å². The number of methoxy groups -OCH3 is 1. The van der Waals surface area contributed by atoms with E-state index < -0.39 is 29.9 Å². The van der Waals surface area contributed by atoms with Crippen LogP contribution in [0.25, 0.3) is 0 Å². The molecule has 7 heteroatoms. The normalized spacial score (nSPS) is 13.7. The van der Waals surface area contributed by atoms with Gasteiger partial charge in [-0.3, -0.25) is 14.4 Å². The van der Waals surface area contributed by atoms with Crippen molar-refractivity contribution in [2.45, 2.75) is 31.8 Å². The van der Waals surface area contributed by atoms with Crippen LogP contribution in [0.3, 0.4) is 0 Å². The molecular weight excluding hydrogens is 216 g/mol. The van der Waals surface area contributed by atoms with E-state index in [0.29, 0.717) is 0 Å². The number of carbonyl (C=O) groups excluding carboxylic acids is 2. The monoisotopic (exact) mass is 232 g/mol. The van der Waals surface area contributed by atoms with E-state index >= 15 is 0 Å². The second-order valence-electron chi connectivity index (χ2n) is 3.29. The molecule has 4 N–H and O–H groups in total. The lowest BCUT2D eigenvalue weighted by atomic mass is 10.1. The van der Waals surface area contributed by atoms with Crippen molar-refractivity contribution in [3.05, 3.63) is 0 Å². The molecule has 0 aliphatic carbocycles. The molecule has 0 saturated carbocycles. The Bertz CT molecular complexity index is 279. The van der Waals surface area contributed by atoms with Gasteiger partial charge in [-0.15, -0.1) is 0 Å². The second kappa shape index (κ2) is 6.78. The number of esters is 1. The van der Waals surface area contributed by atoms with Gasteiger partial charge < -0.3 is 20.9 Å². The lowest BCUT2D eigenvalue weighted by molar-refractivity contribution is -0.142. The summed E-state index contributed by atoms with van der Waals surface area (Å²) in [5, 5.41) is 10.7. The Kier molecular flexibility index (Phi) is 6.09. The van der Waals surface area contributed by atoms with E-state index in [1.807, 2.05) is 0 Å². The van der Waals surface area contributed by atoms with E-state index in [0.717, 1.165) is 0 Å².